The van der Waals surface area contributed by atoms with Crippen molar-refractivity contribution in [3.05, 3.63) is 65.2 Å². The van der Waals surface area contributed by atoms with Gasteiger partial charge < -0.3 is 16.2 Å². The molecular weight excluding hydrogens is 252 g/mol. The second-order valence-electron chi connectivity index (χ2n) is 4.64. The molecular formula is C16H18N2O2. The number of carbonyl (C=O) groups is 1. The van der Waals surface area contributed by atoms with Crippen molar-refractivity contribution < 1.29 is 9.53 Å². The molecule has 0 spiro atoms. The fourth-order valence-corrected chi connectivity index (χ4v) is 1.91. The van der Waals surface area contributed by atoms with Gasteiger partial charge in [-0.25, -0.2) is 0 Å². The molecule has 0 heterocycles. The average Bonchev–Trinajstić information content (AvgIpc) is 2.46. The van der Waals surface area contributed by atoms with Crippen LogP contribution < -0.4 is 11.5 Å². The minimum absolute atomic E-state index is 0.0218. The Kier molecular flexibility index (Phi) is 4.38. The first kappa shape index (κ1) is 14.1. The summed E-state index contributed by atoms with van der Waals surface area (Å²) in [5.41, 5.74) is 14.0. The Balaban J connectivity index is 2.02. The van der Waals surface area contributed by atoms with Gasteiger partial charge in [0.15, 0.2) is 0 Å². The summed E-state index contributed by atoms with van der Waals surface area (Å²) in [6.07, 6.45) is -0.0218. The first-order valence-electron chi connectivity index (χ1n) is 6.42. The van der Waals surface area contributed by atoms with Gasteiger partial charge in [-0.1, -0.05) is 36.4 Å². The predicted molar refractivity (Wildman–Crippen MR) is 79.0 cm³/mol. The maximum atomic E-state index is 11.1. The number of rotatable bonds is 5. The van der Waals surface area contributed by atoms with Crippen LogP contribution in [0.2, 0.25) is 0 Å². The quantitative estimate of drug-likeness (QED) is 0.820. The molecule has 0 saturated carbocycles. The number of hydrogen-bond donors (Lipinski definition) is 2. The van der Waals surface area contributed by atoms with Crippen molar-refractivity contribution in [2.75, 3.05) is 5.73 Å². The molecule has 2 aromatic carbocycles. The Morgan fingerprint density at radius 1 is 1.20 bits per heavy atom. The Morgan fingerprint density at radius 3 is 2.50 bits per heavy atom. The number of primary amides is 1. The zero-order valence-corrected chi connectivity index (χ0v) is 11.4. The minimum Gasteiger partial charge on any atom is -0.398 e. The van der Waals surface area contributed by atoms with Crippen LogP contribution in [0.3, 0.4) is 0 Å². The molecule has 0 fully saturated rings. The number of carbonyl (C=O) groups excluding carboxylic acids is 1. The Labute approximate surface area is 118 Å². The van der Waals surface area contributed by atoms with E-state index in [4.69, 9.17) is 16.2 Å². The highest BCUT2D eigenvalue weighted by atomic mass is 16.5. The fraction of sp³-hybridized carbons (Fsp3) is 0.188. The Hall–Kier alpha value is -2.33. The molecule has 20 heavy (non-hydrogen) atoms. The Morgan fingerprint density at radius 2 is 1.90 bits per heavy atom. The van der Waals surface area contributed by atoms with Gasteiger partial charge in [0, 0.05) is 16.8 Å². The van der Waals surface area contributed by atoms with Crippen molar-refractivity contribution in [2.24, 2.45) is 5.73 Å². The molecule has 0 aliphatic heterocycles. The predicted octanol–water partition coefficient (Wildman–Crippen LogP) is 2.65. The molecule has 0 aliphatic carbocycles. The van der Waals surface area contributed by atoms with E-state index in [9.17, 15) is 4.79 Å². The molecule has 4 N–H and O–H groups in total. The van der Waals surface area contributed by atoms with Crippen LogP contribution in [0.25, 0.3) is 0 Å². The summed E-state index contributed by atoms with van der Waals surface area (Å²) in [4.78, 5) is 11.1. The molecule has 0 bridgehead atoms. The van der Waals surface area contributed by atoms with E-state index < -0.39 is 5.91 Å². The standard InChI is InChI=1S/C16H18N2O2/c1-11(12-5-3-2-4-6-12)20-10-14-8-7-13(16(18)19)9-15(14)17/h2-9,11H,10,17H2,1H3,(H2,18,19). The number of ether oxygens (including phenoxy) is 1. The van der Waals surface area contributed by atoms with E-state index >= 15 is 0 Å². The third kappa shape index (κ3) is 3.36. The zero-order chi connectivity index (χ0) is 14.5. The SMILES string of the molecule is CC(OCc1ccc(C(N)=O)cc1N)c1ccccc1. The third-order valence-corrected chi connectivity index (χ3v) is 3.19. The highest BCUT2D eigenvalue weighted by Crippen LogP contribution is 2.21. The van der Waals surface area contributed by atoms with Crippen LogP contribution in [0.1, 0.15) is 34.5 Å². The molecule has 4 nitrogen and oxygen atoms in total. The van der Waals surface area contributed by atoms with Crippen LogP contribution >= 0.6 is 0 Å². The van der Waals surface area contributed by atoms with Crippen molar-refractivity contribution in [3.8, 4) is 0 Å². The molecule has 1 atom stereocenters. The van der Waals surface area contributed by atoms with Gasteiger partial charge in [0.25, 0.3) is 0 Å². The molecule has 0 saturated heterocycles. The van der Waals surface area contributed by atoms with Crippen LogP contribution in [0.5, 0.6) is 0 Å². The molecule has 0 radical (unpaired) electrons. The van der Waals surface area contributed by atoms with Crippen molar-refractivity contribution in [1.29, 1.82) is 0 Å². The van der Waals surface area contributed by atoms with Crippen molar-refractivity contribution in [3.63, 3.8) is 0 Å². The summed E-state index contributed by atoms with van der Waals surface area (Å²) in [5.74, 6) is -0.484. The molecule has 104 valence electrons. The van der Waals surface area contributed by atoms with E-state index in [0.717, 1.165) is 11.1 Å². The molecule has 2 rings (SSSR count). The molecule has 4 heteroatoms. The average molecular weight is 270 g/mol. The number of nitrogen functional groups attached to an aromatic ring is 1. The van der Waals surface area contributed by atoms with Gasteiger partial charge in [0.1, 0.15) is 0 Å². The highest BCUT2D eigenvalue weighted by Gasteiger charge is 2.08. The topological polar surface area (TPSA) is 78.3 Å². The fourth-order valence-electron chi connectivity index (χ4n) is 1.91. The molecule has 0 aromatic heterocycles. The summed E-state index contributed by atoms with van der Waals surface area (Å²) >= 11 is 0. The van der Waals surface area contributed by atoms with Crippen LogP contribution in [0, 0.1) is 0 Å². The second kappa shape index (κ2) is 6.21. The van der Waals surface area contributed by atoms with Crippen molar-refractivity contribution in [2.45, 2.75) is 19.6 Å². The summed E-state index contributed by atoms with van der Waals surface area (Å²) in [6, 6.07) is 15.0. The summed E-state index contributed by atoms with van der Waals surface area (Å²) in [5, 5.41) is 0. The van der Waals surface area contributed by atoms with Crippen molar-refractivity contribution in [1.82, 2.24) is 0 Å². The van der Waals surface area contributed by atoms with Crippen LogP contribution in [0.4, 0.5) is 5.69 Å². The smallest absolute Gasteiger partial charge is 0.248 e. The summed E-state index contributed by atoms with van der Waals surface area (Å²) in [6.45, 7) is 2.38. The normalized spacial score (nSPS) is 12.1. The van der Waals surface area contributed by atoms with E-state index in [1.165, 1.54) is 0 Å². The largest absolute Gasteiger partial charge is 0.398 e. The van der Waals surface area contributed by atoms with Crippen LogP contribution in [-0.4, -0.2) is 5.91 Å². The Bertz CT molecular complexity index is 597. The van der Waals surface area contributed by atoms with Crippen molar-refractivity contribution >= 4 is 11.6 Å². The number of nitrogens with two attached hydrogens (primary N) is 2. The van der Waals surface area contributed by atoms with Crippen LogP contribution in [-0.2, 0) is 11.3 Å². The van der Waals surface area contributed by atoms with Gasteiger partial charge in [0.05, 0.1) is 12.7 Å². The summed E-state index contributed by atoms with van der Waals surface area (Å²) in [7, 11) is 0. The minimum atomic E-state index is -0.484. The molecule has 1 unspecified atom stereocenters. The highest BCUT2D eigenvalue weighted by molar-refractivity contribution is 5.93. The van der Waals surface area contributed by atoms with E-state index in [2.05, 4.69) is 0 Å². The number of anilines is 1. The van der Waals surface area contributed by atoms with Gasteiger partial charge in [-0.15, -0.1) is 0 Å². The second-order valence-corrected chi connectivity index (χ2v) is 4.64. The molecule has 0 aliphatic rings. The van der Waals surface area contributed by atoms with Gasteiger partial charge in [-0.2, -0.15) is 0 Å². The van der Waals surface area contributed by atoms with Crippen LogP contribution in [0.15, 0.2) is 48.5 Å². The molecule has 2 aromatic rings. The molecule has 1 amide bonds. The first-order chi connectivity index (χ1) is 9.58. The van der Waals surface area contributed by atoms with Gasteiger partial charge >= 0.3 is 0 Å². The maximum Gasteiger partial charge on any atom is 0.248 e. The zero-order valence-electron chi connectivity index (χ0n) is 11.4. The van der Waals surface area contributed by atoms with E-state index in [0.29, 0.717) is 17.9 Å². The maximum absolute atomic E-state index is 11.1. The number of hydrogen-bond acceptors (Lipinski definition) is 3. The number of amides is 1. The number of benzene rings is 2. The summed E-state index contributed by atoms with van der Waals surface area (Å²) < 4.78 is 5.80. The van der Waals surface area contributed by atoms with E-state index in [1.54, 1.807) is 18.2 Å². The lowest BCUT2D eigenvalue weighted by Gasteiger charge is -2.14. The first-order valence-corrected chi connectivity index (χ1v) is 6.42. The monoisotopic (exact) mass is 270 g/mol. The third-order valence-electron chi connectivity index (χ3n) is 3.19. The lowest BCUT2D eigenvalue weighted by Crippen LogP contribution is -2.12. The lowest BCUT2D eigenvalue weighted by atomic mass is 10.1. The van der Waals surface area contributed by atoms with E-state index in [1.807, 2.05) is 37.3 Å². The van der Waals surface area contributed by atoms with Gasteiger partial charge in [-0.3, -0.25) is 4.79 Å². The van der Waals surface area contributed by atoms with Gasteiger partial charge in [0.2, 0.25) is 5.91 Å². The van der Waals surface area contributed by atoms with E-state index in [-0.39, 0.29) is 6.10 Å². The van der Waals surface area contributed by atoms with Gasteiger partial charge in [-0.05, 0) is 24.6 Å². The lowest BCUT2D eigenvalue weighted by molar-refractivity contribution is 0.0529.